The Bertz CT molecular complexity index is 471. The summed E-state index contributed by atoms with van der Waals surface area (Å²) in [6.07, 6.45) is 2.83. The summed E-state index contributed by atoms with van der Waals surface area (Å²) >= 11 is 0. The quantitative estimate of drug-likeness (QED) is 0.900. The van der Waals surface area contributed by atoms with Gasteiger partial charge in [0.2, 0.25) is 0 Å². The van der Waals surface area contributed by atoms with E-state index in [1.165, 1.54) is 24.9 Å². The van der Waals surface area contributed by atoms with Gasteiger partial charge in [-0.2, -0.15) is 0 Å². The fourth-order valence-corrected chi connectivity index (χ4v) is 3.60. The van der Waals surface area contributed by atoms with Crippen LogP contribution in [-0.4, -0.2) is 53.1 Å². The third-order valence-electron chi connectivity index (χ3n) is 4.69. The number of benzene rings is 1. The van der Waals surface area contributed by atoms with Crippen molar-refractivity contribution in [3.63, 3.8) is 0 Å². The molecule has 1 unspecified atom stereocenters. The van der Waals surface area contributed by atoms with Crippen LogP contribution in [-0.2, 0) is 11.3 Å². The van der Waals surface area contributed by atoms with E-state index in [-0.39, 0.29) is 0 Å². The molecule has 0 saturated carbocycles. The second-order valence-electron chi connectivity index (χ2n) is 6.43. The molecule has 2 heterocycles. The summed E-state index contributed by atoms with van der Waals surface area (Å²) in [5.74, 6) is -0.291. The fourth-order valence-electron chi connectivity index (χ4n) is 3.60. The highest BCUT2D eigenvalue weighted by Crippen LogP contribution is 2.26. The Labute approximate surface area is 126 Å². The zero-order valence-electron chi connectivity index (χ0n) is 12.4. The van der Waals surface area contributed by atoms with Gasteiger partial charge in [-0.1, -0.05) is 30.3 Å². The van der Waals surface area contributed by atoms with Gasteiger partial charge < -0.3 is 5.11 Å². The van der Waals surface area contributed by atoms with Gasteiger partial charge in [-0.25, -0.2) is 0 Å². The zero-order chi connectivity index (χ0) is 14.7. The summed E-state index contributed by atoms with van der Waals surface area (Å²) < 4.78 is 0. The molecule has 2 fully saturated rings. The van der Waals surface area contributed by atoms with Crippen molar-refractivity contribution in [1.82, 2.24) is 9.80 Å². The third-order valence-corrected chi connectivity index (χ3v) is 4.69. The number of rotatable bonds is 5. The standard InChI is InChI=1S/C17H24N2O2/c20-17(21)9-15-11-19(12-15)16-7-4-8-18(13-16)10-14-5-2-1-3-6-14/h1-3,5-6,15-16H,4,7-13H2,(H,20,21). The van der Waals surface area contributed by atoms with Gasteiger partial charge in [0.05, 0.1) is 6.42 Å². The maximum Gasteiger partial charge on any atom is 0.303 e. The summed E-state index contributed by atoms with van der Waals surface area (Å²) in [7, 11) is 0. The lowest BCUT2D eigenvalue weighted by atomic mass is 9.91. The first-order chi connectivity index (χ1) is 10.2. The first-order valence-corrected chi connectivity index (χ1v) is 7.93. The number of carbonyl (C=O) groups is 1. The lowest BCUT2D eigenvalue weighted by Gasteiger charge is -2.47. The Kier molecular flexibility index (Phi) is 4.56. The van der Waals surface area contributed by atoms with Crippen molar-refractivity contribution in [2.75, 3.05) is 26.2 Å². The maximum absolute atomic E-state index is 10.7. The summed E-state index contributed by atoms with van der Waals surface area (Å²) in [5.41, 5.74) is 1.38. The van der Waals surface area contributed by atoms with Gasteiger partial charge in [-0.15, -0.1) is 0 Å². The van der Waals surface area contributed by atoms with Crippen LogP contribution in [0.5, 0.6) is 0 Å². The minimum absolute atomic E-state index is 0.330. The molecule has 1 aromatic carbocycles. The van der Waals surface area contributed by atoms with Crippen molar-refractivity contribution in [1.29, 1.82) is 0 Å². The van der Waals surface area contributed by atoms with Crippen molar-refractivity contribution in [2.24, 2.45) is 5.92 Å². The maximum atomic E-state index is 10.7. The SMILES string of the molecule is O=C(O)CC1CN(C2CCCN(Cc3ccccc3)C2)C1. The average Bonchev–Trinajstić information content (AvgIpc) is 2.43. The number of piperidine rings is 1. The molecule has 4 heteroatoms. The van der Waals surface area contributed by atoms with Gasteiger partial charge in [-0.3, -0.25) is 14.6 Å². The normalized spacial score (nSPS) is 24.7. The molecule has 1 aromatic rings. The molecule has 0 amide bonds. The van der Waals surface area contributed by atoms with Crippen molar-refractivity contribution >= 4 is 5.97 Å². The van der Waals surface area contributed by atoms with Crippen molar-refractivity contribution in [3.8, 4) is 0 Å². The van der Waals surface area contributed by atoms with Crippen LogP contribution in [0.4, 0.5) is 0 Å². The summed E-state index contributed by atoms with van der Waals surface area (Å²) in [5, 5.41) is 8.82. The average molecular weight is 288 g/mol. The molecule has 0 spiro atoms. The molecule has 0 bridgehead atoms. The predicted octanol–water partition coefficient (Wildman–Crippen LogP) is 2.06. The van der Waals surface area contributed by atoms with Crippen LogP contribution in [0.1, 0.15) is 24.8 Å². The molecule has 21 heavy (non-hydrogen) atoms. The van der Waals surface area contributed by atoms with Crippen molar-refractivity contribution < 1.29 is 9.90 Å². The van der Waals surface area contributed by atoms with Gasteiger partial charge in [0.15, 0.2) is 0 Å². The Hall–Kier alpha value is -1.39. The molecule has 4 nitrogen and oxygen atoms in total. The van der Waals surface area contributed by atoms with Gasteiger partial charge in [0.25, 0.3) is 0 Å². The van der Waals surface area contributed by atoms with Crippen molar-refractivity contribution in [3.05, 3.63) is 35.9 Å². The lowest BCUT2D eigenvalue weighted by Crippen LogP contribution is -2.57. The first kappa shape index (κ1) is 14.5. The van der Waals surface area contributed by atoms with Gasteiger partial charge >= 0.3 is 5.97 Å². The van der Waals surface area contributed by atoms with Crippen LogP contribution in [0, 0.1) is 5.92 Å². The highest BCUT2D eigenvalue weighted by Gasteiger charge is 2.35. The highest BCUT2D eigenvalue weighted by molar-refractivity contribution is 5.67. The minimum atomic E-state index is -0.658. The van der Waals surface area contributed by atoms with Crippen molar-refractivity contribution in [2.45, 2.75) is 31.8 Å². The summed E-state index contributed by atoms with van der Waals surface area (Å²) in [6.45, 7) is 5.27. The topological polar surface area (TPSA) is 43.8 Å². The number of aliphatic carboxylic acids is 1. The van der Waals surface area contributed by atoms with Gasteiger partial charge in [0.1, 0.15) is 0 Å². The van der Waals surface area contributed by atoms with E-state index in [1.807, 2.05) is 0 Å². The van der Waals surface area contributed by atoms with Crippen LogP contribution >= 0.6 is 0 Å². The van der Waals surface area contributed by atoms with Crippen LogP contribution in [0.3, 0.4) is 0 Å². The van der Waals surface area contributed by atoms with Gasteiger partial charge in [-0.05, 0) is 30.9 Å². The fraction of sp³-hybridized carbons (Fsp3) is 0.588. The van der Waals surface area contributed by atoms with Crippen LogP contribution in [0.25, 0.3) is 0 Å². The first-order valence-electron chi connectivity index (χ1n) is 7.93. The number of carboxylic acids is 1. The number of nitrogens with zero attached hydrogens (tertiary/aromatic N) is 2. The molecule has 2 aliphatic rings. The molecule has 1 N–H and O–H groups in total. The molecule has 114 valence electrons. The monoisotopic (exact) mass is 288 g/mol. The van der Waals surface area contributed by atoms with Gasteiger partial charge in [0, 0.05) is 32.2 Å². The van der Waals surface area contributed by atoms with E-state index in [0.29, 0.717) is 18.4 Å². The molecular weight excluding hydrogens is 264 g/mol. The van der Waals surface area contributed by atoms with E-state index >= 15 is 0 Å². The summed E-state index contributed by atoms with van der Waals surface area (Å²) in [6, 6.07) is 11.3. The molecule has 0 radical (unpaired) electrons. The van der Waals surface area contributed by atoms with Crippen LogP contribution in [0.15, 0.2) is 30.3 Å². The van der Waals surface area contributed by atoms with E-state index < -0.39 is 5.97 Å². The van der Waals surface area contributed by atoms with E-state index in [1.54, 1.807) is 0 Å². The third kappa shape index (κ3) is 3.83. The molecule has 0 aliphatic carbocycles. The Morgan fingerprint density at radius 2 is 1.95 bits per heavy atom. The smallest absolute Gasteiger partial charge is 0.303 e. The largest absolute Gasteiger partial charge is 0.481 e. The molecule has 3 rings (SSSR count). The van der Waals surface area contributed by atoms with E-state index in [9.17, 15) is 4.79 Å². The number of hydrogen-bond acceptors (Lipinski definition) is 3. The second kappa shape index (κ2) is 6.58. The number of carboxylic acid groups (broad SMARTS) is 1. The molecular formula is C17H24N2O2. The van der Waals surface area contributed by atoms with Crippen LogP contribution < -0.4 is 0 Å². The molecule has 2 saturated heterocycles. The molecule has 1 atom stereocenters. The second-order valence-corrected chi connectivity index (χ2v) is 6.43. The number of likely N-dealkylation sites (tertiary alicyclic amines) is 2. The number of hydrogen-bond donors (Lipinski definition) is 1. The summed E-state index contributed by atoms with van der Waals surface area (Å²) in [4.78, 5) is 15.7. The van der Waals surface area contributed by atoms with Crippen LogP contribution in [0.2, 0.25) is 0 Å². The van der Waals surface area contributed by atoms with E-state index in [0.717, 1.165) is 26.2 Å². The Morgan fingerprint density at radius 1 is 1.19 bits per heavy atom. The Balaban J connectivity index is 1.47. The predicted molar refractivity (Wildman–Crippen MR) is 82.1 cm³/mol. The van der Waals surface area contributed by atoms with E-state index in [2.05, 4.69) is 40.1 Å². The highest BCUT2D eigenvalue weighted by atomic mass is 16.4. The zero-order valence-corrected chi connectivity index (χ0v) is 12.4. The molecule has 0 aromatic heterocycles. The lowest BCUT2D eigenvalue weighted by molar-refractivity contribution is -0.140. The van der Waals surface area contributed by atoms with E-state index in [4.69, 9.17) is 5.11 Å². The Morgan fingerprint density at radius 3 is 2.67 bits per heavy atom. The molecule has 2 aliphatic heterocycles. The minimum Gasteiger partial charge on any atom is -0.481 e.